The van der Waals surface area contributed by atoms with Crippen molar-refractivity contribution >= 4 is 63.2 Å². The molecule has 2 rings (SSSR count). The van der Waals surface area contributed by atoms with E-state index in [1.54, 1.807) is 19.2 Å². The number of hydrogen-bond acceptors (Lipinski definition) is 4. The third kappa shape index (κ3) is 7.54. The van der Waals surface area contributed by atoms with Crippen LogP contribution < -0.4 is 5.32 Å². The predicted molar refractivity (Wildman–Crippen MR) is 121 cm³/mol. The second-order valence-corrected chi connectivity index (χ2v) is 8.81. The summed E-state index contributed by atoms with van der Waals surface area (Å²) in [6.45, 7) is 2.55. The molecule has 1 aliphatic heterocycles. The molecule has 0 aliphatic carbocycles. The van der Waals surface area contributed by atoms with Crippen molar-refractivity contribution in [1.82, 2.24) is 14.5 Å². The molecule has 1 heterocycles. The molecule has 1 saturated heterocycles. The molecule has 1 fully saturated rings. The van der Waals surface area contributed by atoms with E-state index in [1.165, 1.54) is 4.31 Å². The van der Waals surface area contributed by atoms with Crippen LogP contribution in [0.2, 0.25) is 10.0 Å². The minimum Gasteiger partial charge on any atom is -0.379 e. The molecule has 27 heavy (non-hydrogen) atoms. The van der Waals surface area contributed by atoms with Crippen LogP contribution in [0.3, 0.4) is 0 Å². The zero-order chi connectivity index (χ0) is 19.2. The lowest BCUT2D eigenvalue weighted by Crippen LogP contribution is -2.45. The second-order valence-electron chi connectivity index (χ2n) is 5.91. The standard InChI is InChI=1S/C16H24Cl2N4O3S.HI/c1-19-16(21(2)12-13-3-4-14(17)15(18)11-13)20-5-10-26(23,24)22-6-8-25-9-7-22;/h3-4,11H,5-10,12H2,1-2H3,(H,19,20);1H. The number of morpholine rings is 1. The Morgan fingerprint density at radius 2 is 1.96 bits per heavy atom. The molecule has 0 unspecified atom stereocenters. The highest BCUT2D eigenvalue weighted by Crippen LogP contribution is 2.23. The van der Waals surface area contributed by atoms with Gasteiger partial charge in [0.15, 0.2) is 5.96 Å². The van der Waals surface area contributed by atoms with Crippen LogP contribution in [-0.4, -0.2) is 76.3 Å². The molecule has 0 saturated carbocycles. The van der Waals surface area contributed by atoms with Crippen LogP contribution in [0, 0.1) is 0 Å². The fraction of sp³-hybridized carbons (Fsp3) is 0.562. The number of ether oxygens (including phenoxy) is 1. The van der Waals surface area contributed by atoms with Crippen LogP contribution in [0.5, 0.6) is 0 Å². The maximum atomic E-state index is 12.3. The van der Waals surface area contributed by atoms with Crippen molar-refractivity contribution in [2.45, 2.75) is 6.54 Å². The summed E-state index contributed by atoms with van der Waals surface area (Å²) in [6, 6.07) is 5.44. The molecular weight excluding hydrogens is 526 g/mol. The first-order valence-electron chi connectivity index (χ1n) is 8.25. The number of aliphatic imine (C=N–C) groups is 1. The number of guanidine groups is 1. The lowest BCUT2D eigenvalue weighted by molar-refractivity contribution is 0.0730. The maximum absolute atomic E-state index is 12.3. The average molecular weight is 551 g/mol. The maximum Gasteiger partial charge on any atom is 0.215 e. The fourth-order valence-corrected chi connectivity index (χ4v) is 4.26. The summed E-state index contributed by atoms with van der Waals surface area (Å²) in [6.07, 6.45) is 0. The van der Waals surface area contributed by atoms with Gasteiger partial charge in [-0.25, -0.2) is 8.42 Å². The Kier molecular flexibility index (Phi) is 10.6. The van der Waals surface area contributed by atoms with Crippen LogP contribution in [-0.2, 0) is 21.3 Å². The average Bonchev–Trinajstić information content (AvgIpc) is 2.62. The molecule has 0 spiro atoms. The van der Waals surface area contributed by atoms with E-state index in [0.29, 0.717) is 48.9 Å². The van der Waals surface area contributed by atoms with E-state index in [-0.39, 0.29) is 36.3 Å². The van der Waals surface area contributed by atoms with Gasteiger partial charge in [0, 0.05) is 40.3 Å². The van der Waals surface area contributed by atoms with E-state index in [9.17, 15) is 8.42 Å². The number of nitrogens with zero attached hydrogens (tertiary/aromatic N) is 3. The zero-order valence-corrected chi connectivity index (χ0v) is 20.0. The Morgan fingerprint density at radius 3 is 2.56 bits per heavy atom. The molecule has 1 aromatic carbocycles. The van der Waals surface area contributed by atoms with Crippen molar-refractivity contribution < 1.29 is 13.2 Å². The molecule has 154 valence electrons. The van der Waals surface area contributed by atoms with Gasteiger partial charge in [0.1, 0.15) is 0 Å². The third-order valence-electron chi connectivity index (χ3n) is 3.98. The number of sulfonamides is 1. The van der Waals surface area contributed by atoms with Gasteiger partial charge in [0.25, 0.3) is 0 Å². The summed E-state index contributed by atoms with van der Waals surface area (Å²) in [7, 11) is 0.229. The molecule has 0 bridgehead atoms. The SMILES string of the molecule is CN=C(NCCS(=O)(=O)N1CCOCC1)N(C)Cc1ccc(Cl)c(Cl)c1.I. The topological polar surface area (TPSA) is 74.2 Å². The van der Waals surface area contributed by atoms with Crippen molar-refractivity contribution in [3.8, 4) is 0 Å². The Hall–Kier alpha value is -0.330. The van der Waals surface area contributed by atoms with Gasteiger partial charge in [-0.05, 0) is 17.7 Å². The van der Waals surface area contributed by atoms with E-state index in [1.807, 2.05) is 18.0 Å². The predicted octanol–water partition coefficient (Wildman–Crippen LogP) is 2.28. The van der Waals surface area contributed by atoms with Gasteiger partial charge >= 0.3 is 0 Å². The van der Waals surface area contributed by atoms with Crippen molar-refractivity contribution in [3.63, 3.8) is 0 Å². The van der Waals surface area contributed by atoms with Gasteiger partial charge in [-0.3, -0.25) is 4.99 Å². The summed E-state index contributed by atoms with van der Waals surface area (Å²) in [4.78, 5) is 6.09. The first-order valence-corrected chi connectivity index (χ1v) is 10.6. The van der Waals surface area contributed by atoms with Crippen molar-refractivity contribution in [2.75, 3.05) is 52.7 Å². The van der Waals surface area contributed by atoms with E-state index in [0.717, 1.165) is 5.56 Å². The van der Waals surface area contributed by atoms with Gasteiger partial charge in [-0.1, -0.05) is 29.3 Å². The Bertz CT molecular complexity index is 743. The van der Waals surface area contributed by atoms with Crippen molar-refractivity contribution in [1.29, 1.82) is 0 Å². The third-order valence-corrected chi connectivity index (χ3v) is 6.59. The highest BCUT2D eigenvalue weighted by Gasteiger charge is 2.24. The molecule has 7 nitrogen and oxygen atoms in total. The first-order chi connectivity index (χ1) is 12.3. The molecule has 0 amide bonds. The Balaban J connectivity index is 0.00000364. The number of nitrogens with one attached hydrogen (secondary N) is 1. The van der Waals surface area contributed by atoms with Crippen LogP contribution in [0.1, 0.15) is 5.56 Å². The van der Waals surface area contributed by atoms with E-state index < -0.39 is 10.0 Å². The molecule has 0 aromatic heterocycles. The summed E-state index contributed by atoms with van der Waals surface area (Å²) in [5.41, 5.74) is 0.978. The van der Waals surface area contributed by atoms with Gasteiger partial charge in [-0.15, -0.1) is 24.0 Å². The zero-order valence-electron chi connectivity index (χ0n) is 15.3. The van der Waals surface area contributed by atoms with Crippen molar-refractivity contribution in [2.24, 2.45) is 4.99 Å². The largest absolute Gasteiger partial charge is 0.379 e. The lowest BCUT2D eigenvalue weighted by Gasteiger charge is -2.27. The monoisotopic (exact) mass is 550 g/mol. The highest BCUT2D eigenvalue weighted by atomic mass is 127. The minimum atomic E-state index is -3.30. The number of hydrogen-bond donors (Lipinski definition) is 1. The normalized spacial score (nSPS) is 15.9. The quantitative estimate of drug-likeness (QED) is 0.334. The second kappa shape index (κ2) is 11.6. The lowest BCUT2D eigenvalue weighted by atomic mass is 10.2. The van der Waals surface area contributed by atoms with Crippen LogP contribution in [0.25, 0.3) is 0 Å². The summed E-state index contributed by atoms with van der Waals surface area (Å²) in [5.74, 6) is 0.611. The minimum absolute atomic E-state index is 0. The van der Waals surface area contributed by atoms with Crippen LogP contribution in [0.4, 0.5) is 0 Å². The highest BCUT2D eigenvalue weighted by molar-refractivity contribution is 14.0. The van der Waals surface area contributed by atoms with E-state index in [4.69, 9.17) is 27.9 Å². The number of benzene rings is 1. The number of halogens is 3. The van der Waals surface area contributed by atoms with Crippen LogP contribution in [0.15, 0.2) is 23.2 Å². The summed E-state index contributed by atoms with van der Waals surface area (Å²) < 4.78 is 31.3. The van der Waals surface area contributed by atoms with Gasteiger partial charge < -0.3 is 15.0 Å². The van der Waals surface area contributed by atoms with Gasteiger partial charge in [-0.2, -0.15) is 4.31 Å². The number of rotatable bonds is 6. The first kappa shape index (κ1) is 24.7. The smallest absolute Gasteiger partial charge is 0.215 e. The molecule has 1 N–H and O–H groups in total. The summed E-state index contributed by atoms with van der Waals surface area (Å²) in [5, 5.41) is 4.10. The molecule has 1 aliphatic rings. The Labute approximate surface area is 188 Å². The molecular formula is C16H25Cl2IN4O3S. The van der Waals surface area contributed by atoms with Gasteiger partial charge in [0.2, 0.25) is 10.0 Å². The van der Waals surface area contributed by atoms with Gasteiger partial charge in [0.05, 0.1) is 29.0 Å². The van der Waals surface area contributed by atoms with E-state index in [2.05, 4.69) is 10.3 Å². The molecule has 0 atom stereocenters. The van der Waals surface area contributed by atoms with E-state index >= 15 is 0 Å². The Morgan fingerprint density at radius 1 is 1.30 bits per heavy atom. The fourth-order valence-electron chi connectivity index (χ4n) is 2.62. The molecule has 1 aromatic rings. The molecule has 0 radical (unpaired) electrons. The molecule has 11 heteroatoms. The van der Waals surface area contributed by atoms with Crippen molar-refractivity contribution in [3.05, 3.63) is 33.8 Å². The van der Waals surface area contributed by atoms with Crippen LogP contribution >= 0.6 is 47.2 Å². The summed E-state index contributed by atoms with van der Waals surface area (Å²) >= 11 is 12.0.